The van der Waals surface area contributed by atoms with E-state index < -0.39 is 0 Å². The SMILES string of the molecule is C=c1[nH]n(-c2ccc(Br)cc2)c(=O)/c1=C/c1ccc(OCC(C)C)c(OC)c1. The lowest BCUT2D eigenvalue weighted by molar-refractivity contribution is 0.257. The summed E-state index contributed by atoms with van der Waals surface area (Å²) in [6, 6.07) is 13.1. The molecule has 6 heteroatoms. The van der Waals surface area contributed by atoms with E-state index in [4.69, 9.17) is 9.47 Å². The Labute approximate surface area is 172 Å². The number of aromatic nitrogens is 2. The first-order chi connectivity index (χ1) is 13.4. The third kappa shape index (κ3) is 4.39. The van der Waals surface area contributed by atoms with E-state index in [-0.39, 0.29) is 5.56 Å². The Morgan fingerprint density at radius 1 is 1.18 bits per heavy atom. The molecule has 1 aromatic heterocycles. The third-order valence-corrected chi connectivity index (χ3v) is 4.69. The van der Waals surface area contributed by atoms with E-state index in [2.05, 4.69) is 41.5 Å². The molecule has 0 atom stereocenters. The molecule has 0 bridgehead atoms. The molecule has 0 spiro atoms. The van der Waals surface area contributed by atoms with E-state index in [0.29, 0.717) is 34.6 Å². The molecular weight excluding hydrogens is 420 g/mol. The summed E-state index contributed by atoms with van der Waals surface area (Å²) in [5.74, 6) is 1.73. The highest BCUT2D eigenvalue weighted by molar-refractivity contribution is 9.10. The Morgan fingerprint density at radius 3 is 2.54 bits per heavy atom. The minimum absolute atomic E-state index is 0.161. The highest BCUT2D eigenvalue weighted by Gasteiger charge is 2.08. The molecule has 0 saturated heterocycles. The normalized spacial score (nSPS) is 11.8. The van der Waals surface area contributed by atoms with Crippen molar-refractivity contribution in [3.63, 3.8) is 0 Å². The topological polar surface area (TPSA) is 56.2 Å². The second-order valence-electron chi connectivity index (χ2n) is 6.88. The van der Waals surface area contributed by atoms with Gasteiger partial charge in [0.25, 0.3) is 5.56 Å². The first-order valence-electron chi connectivity index (χ1n) is 8.97. The molecule has 3 rings (SSSR count). The van der Waals surface area contributed by atoms with E-state index in [1.807, 2.05) is 42.5 Å². The maximum Gasteiger partial charge on any atom is 0.279 e. The van der Waals surface area contributed by atoms with Crippen molar-refractivity contribution in [2.24, 2.45) is 5.92 Å². The summed E-state index contributed by atoms with van der Waals surface area (Å²) in [4.78, 5) is 12.9. The summed E-state index contributed by atoms with van der Waals surface area (Å²) in [6.45, 7) is 8.77. The van der Waals surface area contributed by atoms with Crippen LogP contribution in [-0.2, 0) is 0 Å². The van der Waals surface area contributed by atoms with Crippen molar-refractivity contribution < 1.29 is 9.47 Å². The predicted octanol–water partition coefficient (Wildman–Crippen LogP) is 3.21. The van der Waals surface area contributed by atoms with Gasteiger partial charge in [-0.1, -0.05) is 42.4 Å². The lowest BCUT2D eigenvalue weighted by atomic mass is 10.1. The van der Waals surface area contributed by atoms with Crippen LogP contribution in [0.4, 0.5) is 0 Å². The molecule has 28 heavy (non-hydrogen) atoms. The molecule has 0 aliphatic heterocycles. The Bertz CT molecular complexity index is 1130. The number of nitrogens with one attached hydrogen (secondary N) is 1. The molecule has 0 fully saturated rings. The number of benzene rings is 2. The summed E-state index contributed by atoms with van der Waals surface area (Å²) >= 11 is 3.40. The predicted molar refractivity (Wildman–Crippen MR) is 116 cm³/mol. The number of H-pyrrole nitrogens is 1. The standard InChI is InChI=1S/C22H23BrN2O3/c1-14(2)13-28-20-10-5-16(12-21(20)27-4)11-19-15(3)24-25(22(19)26)18-8-6-17(23)7-9-18/h5-12,14,24H,3,13H2,1-2,4H3/b19-11+. The van der Waals surface area contributed by atoms with Crippen molar-refractivity contribution in [3.8, 4) is 17.2 Å². The minimum atomic E-state index is -0.161. The quantitative estimate of drug-likeness (QED) is 0.637. The average molecular weight is 443 g/mol. The fourth-order valence-electron chi connectivity index (χ4n) is 2.73. The molecule has 0 saturated carbocycles. The zero-order chi connectivity index (χ0) is 20.3. The molecule has 1 N–H and O–H groups in total. The molecule has 0 aliphatic rings. The van der Waals surface area contributed by atoms with E-state index in [1.54, 1.807) is 13.2 Å². The van der Waals surface area contributed by atoms with Crippen LogP contribution in [0.2, 0.25) is 0 Å². The lowest BCUT2D eigenvalue weighted by Crippen LogP contribution is -2.33. The second kappa shape index (κ2) is 8.52. The van der Waals surface area contributed by atoms with Gasteiger partial charge in [-0.05, 0) is 54.0 Å². The summed E-state index contributed by atoms with van der Waals surface area (Å²) in [5.41, 5.74) is 1.41. The lowest BCUT2D eigenvalue weighted by Gasteiger charge is -2.12. The fraction of sp³-hybridized carbons (Fsp3) is 0.227. The molecule has 3 aromatic rings. The van der Waals surface area contributed by atoms with E-state index in [0.717, 1.165) is 15.7 Å². The molecule has 0 unspecified atom stereocenters. The molecule has 146 valence electrons. The smallest absolute Gasteiger partial charge is 0.279 e. The van der Waals surface area contributed by atoms with Gasteiger partial charge >= 0.3 is 0 Å². The van der Waals surface area contributed by atoms with Gasteiger partial charge in [-0.25, -0.2) is 4.68 Å². The number of hydrogen-bond acceptors (Lipinski definition) is 3. The van der Waals surface area contributed by atoms with Gasteiger partial charge in [0, 0.05) is 4.47 Å². The number of hydrogen-bond donors (Lipinski definition) is 1. The van der Waals surface area contributed by atoms with E-state index in [9.17, 15) is 4.79 Å². The molecular formula is C22H23BrN2O3. The Morgan fingerprint density at radius 2 is 1.89 bits per heavy atom. The van der Waals surface area contributed by atoms with Crippen molar-refractivity contribution in [3.05, 3.63) is 73.4 Å². The van der Waals surface area contributed by atoms with Crippen LogP contribution in [0, 0.1) is 5.92 Å². The van der Waals surface area contributed by atoms with E-state index in [1.165, 1.54) is 4.68 Å². The van der Waals surface area contributed by atoms with Gasteiger partial charge < -0.3 is 9.47 Å². The molecule has 5 nitrogen and oxygen atoms in total. The highest BCUT2D eigenvalue weighted by Crippen LogP contribution is 2.28. The summed E-state index contributed by atoms with van der Waals surface area (Å²) in [7, 11) is 1.60. The van der Waals surface area contributed by atoms with Crippen molar-refractivity contribution in [1.29, 1.82) is 0 Å². The minimum Gasteiger partial charge on any atom is -0.493 e. The summed E-state index contributed by atoms with van der Waals surface area (Å²) in [6.07, 6.45) is 1.80. The van der Waals surface area contributed by atoms with Gasteiger partial charge in [-0.2, -0.15) is 0 Å². The van der Waals surface area contributed by atoms with Gasteiger partial charge in [0.05, 0.1) is 30.0 Å². The van der Waals surface area contributed by atoms with Crippen LogP contribution < -0.4 is 25.6 Å². The molecule has 2 aromatic carbocycles. The Balaban J connectivity index is 2.01. The zero-order valence-electron chi connectivity index (χ0n) is 16.2. The number of ether oxygens (including phenoxy) is 2. The van der Waals surface area contributed by atoms with Crippen LogP contribution in [0.3, 0.4) is 0 Å². The van der Waals surface area contributed by atoms with Crippen LogP contribution in [0.5, 0.6) is 11.5 Å². The first kappa shape index (κ1) is 20.0. The number of rotatable bonds is 6. The van der Waals surface area contributed by atoms with Gasteiger partial charge in [0.2, 0.25) is 0 Å². The van der Waals surface area contributed by atoms with Crippen molar-refractivity contribution in [2.75, 3.05) is 13.7 Å². The fourth-order valence-corrected chi connectivity index (χ4v) is 3.00. The maximum absolute atomic E-state index is 12.9. The zero-order valence-corrected chi connectivity index (χ0v) is 17.7. The van der Waals surface area contributed by atoms with Crippen LogP contribution in [0.1, 0.15) is 19.4 Å². The number of nitrogens with zero attached hydrogens (tertiary/aromatic N) is 1. The Hall–Kier alpha value is -2.73. The van der Waals surface area contributed by atoms with Crippen LogP contribution in [0.25, 0.3) is 18.3 Å². The molecule has 0 aliphatic carbocycles. The molecule has 1 heterocycles. The van der Waals surface area contributed by atoms with Crippen molar-refractivity contribution >= 4 is 28.6 Å². The maximum atomic E-state index is 12.9. The van der Waals surface area contributed by atoms with Gasteiger partial charge in [0.15, 0.2) is 11.5 Å². The van der Waals surface area contributed by atoms with Crippen molar-refractivity contribution in [1.82, 2.24) is 9.78 Å². The summed E-state index contributed by atoms with van der Waals surface area (Å²) < 4.78 is 13.7. The molecule has 0 amide bonds. The van der Waals surface area contributed by atoms with Crippen LogP contribution >= 0.6 is 15.9 Å². The van der Waals surface area contributed by atoms with Gasteiger partial charge in [-0.15, -0.1) is 0 Å². The van der Waals surface area contributed by atoms with Crippen LogP contribution in [-0.4, -0.2) is 23.5 Å². The second-order valence-corrected chi connectivity index (χ2v) is 7.80. The average Bonchev–Trinajstić information content (AvgIpc) is 2.95. The number of aromatic amines is 1. The van der Waals surface area contributed by atoms with Gasteiger partial charge in [-0.3, -0.25) is 9.89 Å². The highest BCUT2D eigenvalue weighted by atomic mass is 79.9. The first-order valence-corrected chi connectivity index (χ1v) is 9.77. The van der Waals surface area contributed by atoms with E-state index >= 15 is 0 Å². The third-order valence-electron chi connectivity index (χ3n) is 4.16. The van der Waals surface area contributed by atoms with Gasteiger partial charge in [0.1, 0.15) is 0 Å². The largest absolute Gasteiger partial charge is 0.493 e. The number of methoxy groups -OCH3 is 1. The number of halogens is 1. The Kier molecular flexibility index (Phi) is 6.09. The monoisotopic (exact) mass is 442 g/mol. The molecule has 0 radical (unpaired) electrons. The van der Waals surface area contributed by atoms with Crippen molar-refractivity contribution in [2.45, 2.75) is 13.8 Å². The van der Waals surface area contributed by atoms with Crippen LogP contribution in [0.15, 0.2) is 51.7 Å². The summed E-state index contributed by atoms with van der Waals surface area (Å²) in [5, 5.41) is 4.08.